The third kappa shape index (κ3) is 11.2. The third-order valence-electron chi connectivity index (χ3n) is 9.74. The van der Waals surface area contributed by atoms with Gasteiger partial charge in [0.15, 0.2) is 18.7 Å². The maximum Gasteiger partial charge on any atom is 0.330 e. The number of methoxy groups -OCH3 is 1. The monoisotopic (exact) mass is 809 g/mol. The van der Waals surface area contributed by atoms with Gasteiger partial charge >= 0.3 is 5.97 Å². The van der Waals surface area contributed by atoms with Crippen molar-refractivity contribution in [1.29, 1.82) is 0 Å². The average Bonchev–Trinajstić information content (AvgIpc) is 3.20. The standard InChI is InChI=1S/C38H51NO18/c1-18-27(43)34(56-36-32(48)30(46)28(44)24(16-40)54-36)35(38(52-18)53-23-11-6-21(7-12-23)14-15-39-19(2)41)57-37-33(49)31(47)29(45)25(55-37)17-51-26(42)13-8-20-4-9-22(50-3)10-5-20/h4-13,18,24-25,27-38,40,43-49H,14-17H2,1-3H3,(H,39,41)/b13-8-/t18-,24+,25+,27-,28+,29+,30-,31-,32+,33+,34+,35-,36-,37-,38+/m1/s1. The molecular formula is C38H51NO18. The SMILES string of the molecule is COc1ccc(/C=C\C(=O)OC[C@@H]2O[C@H](O[C@H]3[C@H](Oc4ccc(CCNC(C)=O)cc4)O[C@H](C)[C@@H](O)[C@@H]3O[C@H]3O[C@@H](CO)[C@H](O)[C@@H](O)[C@@H]3O)[C@@H](O)[C@H](O)[C@H]2O)cc1. The predicted octanol–water partition coefficient (Wildman–Crippen LogP) is -2.51. The zero-order valence-corrected chi connectivity index (χ0v) is 31.4. The number of carbonyl (C=O) groups is 2. The summed E-state index contributed by atoms with van der Waals surface area (Å²) in [5, 5.41) is 88.0. The molecule has 0 aromatic heterocycles. The molecule has 9 N–H and O–H groups in total. The number of rotatable bonds is 15. The van der Waals surface area contributed by atoms with Crippen LogP contribution in [0.5, 0.6) is 11.5 Å². The Bertz CT molecular complexity index is 1610. The molecular weight excluding hydrogens is 758 g/mol. The highest BCUT2D eigenvalue weighted by Crippen LogP contribution is 2.34. The number of esters is 1. The Labute approximate surface area is 327 Å². The number of hydrogen-bond donors (Lipinski definition) is 9. The highest BCUT2D eigenvalue weighted by atomic mass is 16.8. The van der Waals surface area contributed by atoms with Crippen LogP contribution in [0.3, 0.4) is 0 Å². The molecule has 57 heavy (non-hydrogen) atoms. The summed E-state index contributed by atoms with van der Waals surface area (Å²) < 4.78 is 46.0. The van der Waals surface area contributed by atoms with E-state index >= 15 is 0 Å². The van der Waals surface area contributed by atoms with Gasteiger partial charge in [-0.05, 0) is 54.8 Å². The molecule has 1 amide bonds. The highest BCUT2D eigenvalue weighted by molar-refractivity contribution is 5.87. The minimum absolute atomic E-state index is 0.174. The molecule has 3 saturated heterocycles. The minimum atomic E-state index is -1.94. The first-order valence-corrected chi connectivity index (χ1v) is 18.3. The number of amides is 1. The fourth-order valence-corrected chi connectivity index (χ4v) is 6.38. The lowest BCUT2D eigenvalue weighted by Crippen LogP contribution is -2.67. The van der Waals surface area contributed by atoms with E-state index in [0.717, 1.165) is 11.6 Å². The fraction of sp³-hybridized carbons (Fsp3) is 0.579. The molecule has 2 aromatic carbocycles. The van der Waals surface area contributed by atoms with E-state index in [4.69, 9.17) is 37.9 Å². The molecule has 5 rings (SSSR count). The van der Waals surface area contributed by atoms with E-state index in [0.29, 0.717) is 24.3 Å². The Balaban J connectivity index is 1.36. The summed E-state index contributed by atoms with van der Waals surface area (Å²) in [6, 6.07) is 13.5. The van der Waals surface area contributed by atoms with E-state index in [-0.39, 0.29) is 11.7 Å². The van der Waals surface area contributed by atoms with Crippen LogP contribution < -0.4 is 14.8 Å². The van der Waals surface area contributed by atoms with Crippen molar-refractivity contribution in [2.75, 3.05) is 26.9 Å². The number of ether oxygens (including phenoxy) is 8. The largest absolute Gasteiger partial charge is 0.497 e. The van der Waals surface area contributed by atoms with E-state index in [9.17, 15) is 50.4 Å². The topological polar surface area (TPSA) is 282 Å². The molecule has 0 aliphatic carbocycles. The summed E-state index contributed by atoms with van der Waals surface area (Å²) in [5.41, 5.74) is 1.52. The molecule has 0 saturated carbocycles. The van der Waals surface area contributed by atoms with Gasteiger partial charge in [-0.3, -0.25) is 4.79 Å². The normalized spacial score (nSPS) is 35.7. The van der Waals surface area contributed by atoms with Gasteiger partial charge in [0.2, 0.25) is 12.2 Å². The van der Waals surface area contributed by atoms with Gasteiger partial charge in [0.25, 0.3) is 0 Å². The molecule has 3 fully saturated rings. The molecule has 3 heterocycles. The van der Waals surface area contributed by atoms with Gasteiger partial charge < -0.3 is 84.1 Å². The quantitative estimate of drug-likeness (QED) is 0.0664. The zero-order valence-electron chi connectivity index (χ0n) is 31.4. The fourth-order valence-electron chi connectivity index (χ4n) is 6.38. The van der Waals surface area contributed by atoms with E-state index in [1.807, 2.05) is 0 Å². The second-order valence-electron chi connectivity index (χ2n) is 13.8. The molecule has 0 bridgehead atoms. The maximum atomic E-state index is 12.6. The summed E-state index contributed by atoms with van der Waals surface area (Å²) in [4.78, 5) is 23.8. The molecule has 0 unspecified atom stereocenters. The van der Waals surface area contributed by atoms with Gasteiger partial charge in [0.1, 0.15) is 79.1 Å². The Morgan fingerprint density at radius 3 is 1.89 bits per heavy atom. The van der Waals surface area contributed by atoms with Crippen LogP contribution >= 0.6 is 0 Å². The van der Waals surface area contributed by atoms with Crippen molar-refractivity contribution in [3.05, 3.63) is 65.7 Å². The van der Waals surface area contributed by atoms with Crippen LogP contribution in [-0.4, -0.2) is 172 Å². The van der Waals surface area contributed by atoms with Crippen molar-refractivity contribution in [2.24, 2.45) is 0 Å². The molecule has 3 aliphatic heterocycles. The minimum Gasteiger partial charge on any atom is -0.497 e. The lowest BCUT2D eigenvalue weighted by molar-refractivity contribution is -0.382. The first-order valence-electron chi connectivity index (χ1n) is 18.3. The molecule has 3 aliphatic rings. The number of carbonyl (C=O) groups excluding carboxylic acids is 2. The van der Waals surface area contributed by atoms with Crippen molar-refractivity contribution < 1.29 is 88.3 Å². The third-order valence-corrected chi connectivity index (χ3v) is 9.74. The van der Waals surface area contributed by atoms with E-state index < -0.39 is 111 Å². The number of nitrogens with one attached hydrogen (secondary N) is 1. The first kappa shape index (κ1) is 44.3. The van der Waals surface area contributed by atoms with Crippen LogP contribution in [0, 0.1) is 0 Å². The molecule has 19 heteroatoms. The first-order chi connectivity index (χ1) is 27.2. The molecule has 0 spiro atoms. The second-order valence-corrected chi connectivity index (χ2v) is 13.8. The average molecular weight is 810 g/mol. The summed E-state index contributed by atoms with van der Waals surface area (Å²) in [6.45, 7) is 1.91. The maximum absolute atomic E-state index is 12.6. The Morgan fingerprint density at radius 2 is 1.30 bits per heavy atom. The molecule has 19 nitrogen and oxygen atoms in total. The van der Waals surface area contributed by atoms with Crippen LogP contribution in [0.25, 0.3) is 6.08 Å². The molecule has 2 aromatic rings. The van der Waals surface area contributed by atoms with Crippen molar-refractivity contribution in [2.45, 2.75) is 112 Å². The molecule has 0 radical (unpaired) electrons. The Kier molecular flexibility index (Phi) is 15.7. The van der Waals surface area contributed by atoms with Crippen LogP contribution in [-0.2, 0) is 44.4 Å². The Morgan fingerprint density at radius 1 is 0.719 bits per heavy atom. The van der Waals surface area contributed by atoms with Gasteiger partial charge in [-0.1, -0.05) is 24.3 Å². The van der Waals surface area contributed by atoms with E-state index in [1.54, 1.807) is 48.5 Å². The van der Waals surface area contributed by atoms with Gasteiger partial charge in [-0.25, -0.2) is 4.79 Å². The van der Waals surface area contributed by atoms with Crippen molar-refractivity contribution in [3.63, 3.8) is 0 Å². The van der Waals surface area contributed by atoms with Crippen LogP contribution in [0.1, 0.15) is 25.0 Å². The van der Waals surface area contributed by atoms with Crippen LogP contribution in [0.2, 0.25) is 0 Å². The Hall–Kier alpha value is -3.80. The van der Waals surface area contributed by atoms with E-state index in [2.05, 4.69) is 5.32 Å². The van der Waals surface area contributed by atoms with Gasteiger partial charge in [-0.2, -0.15) is 0 Å². The summed E-state index contributed by atoms with van der Waals surface area (Å²) in [6.07, 6.45) is -21.6. The zero-order chi connectivity index (χ0) is 41.4. The number of benzene rings is 2. The summed E-state index contributed by atoms with van der Waals surface area (Å²) >= 11 is 0. The predicted molar refractivity (Wildman–Crippen MR) is 193 cm³/mol. The summed E-state index contributed by atoms with van der Waals surface area (Å²) in [5.74, 6) is -0.138. The van der Waals surface area contributed by atoms with Gasteiger partial charge in [0, 0.05) is 19.5 Å². The lowest BCUT2D eigenvalue weighted by atomic mass is 9.96. The molecule has 15 atom stereocenters. The molecule has 316 valence electrons. The number of aliphatic hydroxyl groups excluding tert-OH is 8. The van der Waals surface area contributed by atoms with E-state index in [1.165, 1.54) is 27.0 Å². The lowest BCUT2D eigenvalue weighted by Gasteiger charge is -2.48. The number of hydrogen-bond acceptors (Lipinski definition) is 18. The van der Waals surface area contributed by atoms with Crippen molar-refractivity contribution in [1.82, 2.24) is 5.32 Å². The van der Waals surface area contributed by atoms with Gasteiger partial charge in [-0.15, -0.1) is 0 Å². The summed E-state index contributed by atoms with van der Waals surface area (Å²) in [7, 11) is 1.52. The highest BCUT2D eigenvalue weighted by Gasteiger charge is 2.54. The van der Waals surface area contributed by atoms with Crippen molar-refractivity contribution >= 4 is 18.0 Å². The second kappa shape index (κ2) is 20.3. The smallest absolute Gasteiger partial charge is 0.330 e. The number of aliphatic hydroxyl groups is 8. The van der Waals surface area contributed by atoms with Crippen LogP contribution in [0.4, 0.5) is 0 Å². The van der Waals surface area contributed by atoms with Gasteiger partial charge in [0.05, 0.1) is 19.8 Å². The van der Waals surface area contributed by atoms with Crippen molar-refractivity contribution in [3.8, 4) is 11.5 Å². The van der Waals surface area contributed by atoms with Crippen LogP contribution in [0.15, 0.2) is 54.6 Å².